The average molecular weight is 357 g/mol. The summed E-state index contributed by atoms with van der Waals surface area (Å²) in [6, 6.07) is 18.2. The molecule has 0 fully saturated rings. The quantitative estimate of drug-likeness (QED) is 0.605. The number of carbonyl (C=O) groups excluding carboxylic acids is 2. The first-order chi connectivity index (χ1) is 12.9. The maximum atomic E-state index is 12.9. The first kappa shape index (κ1) is 17.0. The fourth-order valence-electron chi connectivity index (χ4n) is 3.20. The minimum atomic E-state index is -0.328. The van der Waals surface area contributed by atoms with E-state index < -0.39 is 0 Å². The summed E-state index contributed by atoms with van der Waals surface area (Å²) in [7, 11) is 0. The Morgan fingerprint density at radius 2 is 1.41 bits per heavy atom. The fourth-order valence-corrected chi connectivity index (χ4v) is 3.20. The summed E-state index contributed by atoms with van der Waals surface area (Å²) in [6.45, 7) is 5.99. The number of carbonyl (C=O) groups is 2. The molecule has 0 spiro atoms. The second kappa shape index (κ2) is 6.40. The van der Waals surface area contributed by atoms with Crippen LogP contribution in [0.2, 0.25) is 0 Å². The van der Waals surface area contributed by atoms with Gasteiger partial charge in [0.25, 0.3) is 11.8 Å². The molecule has 0 unspecified atom stereocenters. The molecule has 134 valence electrons. The van der Waals surface area contributed by atoms with Crippen LogP contribution in [0.15, 0.2) is 60.7 Å². The first-order valence-corrected chi connectivity index (χ1v) is 8.78. The van der Waals surface area contributed by atoms with Crippen molar-refractivity contribution in [2.75, 3.05) is 4.90 Å². The Labute approximate surface area is 158 Å². The zero-order valence-corrected chi connectivity index (χ0v) is 15.4. The predicted molar refractivity (Wildman–Crippen MR) is 105 cm³/mol. The lowest BCUT2D eigenvalue weighted by atomic mass is 10.1. The fraction of sp³-hybridized carbons (Fsp3) is 0.130. The number of nitrogens with zero attached hydrogens (tertiary/aromatic N) is 1. The Bertz CT molecular complexity index is 1080. The van der Waals surface area contributed by atoms with E-state index in [0.717, 1.165) is 11.1 Å². The number of hydrogen-bond donors (Lipinski definition) is 0. The minimum absolute atomic E-state index is 0.307. The van der Waals surface area contributed by atoms with Crippen molar-refractivity contribution in [1.82, 2.24) is 0 Å². The summed E-state index contributed by atoms with van der Waals surface area (Å²) in [5.41, 5.74) is 4.65. The second-order valence-electron chi connectivity index (χ2n) is 6.84. The monoisotopic (exact) mass is 357 g/mol. The van der Waals surface area contributed by atoms with Gasteiger partial charge in [-0.25, -0.2) is 4.90 Å². The molecular weight excluding hydrogens is 338 g/mol. The molecule has 3 aromatic carbocycles. The molecule has 0 atom stereocenters. The lowest BCUT2D eigenvalue weighted by Gasteiger charge is -2.14. The zero-order chi connectivity index (χ0) is 19.1. The summed E-state index contributed by atoms with van der Waals surface area (Å²) in [5.74, 6) is 0.596. The highest BCUT2D eigenvalue weighted by molar-refractivity contribution is 6.34. The Balaban J connectivity index is 1.67. The van der Waals surface area contributed by atoms with Gasteiger partial charge in [0.05, 0.1) is 16.8 Å². The van der Waals surface area contributed by atoms with Crippen LogP contribution in [0.4, 0.5) is 5.69 Å². The van der Waals surface area contributed by atoms with Gasteiger partial charge in [-0.3, -0.25) is 9.59 Å². The molecule has 4 heteroatoms. The van der Waals surface area contributed by atoms with E-state index in [9.17, 15) is 9.59 Å². The van der Waals surface area contributed by atoms with Crippen LogP contribution in [0.3, 0.4) is 0 Å². The molecule has 0 saturated carbocycles. The third-order valence-electron chi connectivity index (χ3n) is 4.83. The SMILES string of the molecule is Cc1cccc(N2C(=O)c3ccc(Oc4ccc(C)c(C)c4)cc3C2=O)c1. The van der Waals surface area contributed by atoms with Crippen molar-refractivity contribution in [3.63, 3.8) is 0 Å². The summed E-state index contributed by atoms with van der Waals surface area (Å²) < 4.78 is 5.90. The van der Waals surface area contributed by atoms with Crippen LogP contribution in [0.5, 0.6) is 11.5 Å². The summed E-state index contributed by atoms with van der Waals surface area (Å²) in [6.07, 6.45) is 0. The van der Waals surface area contributed by atoms with E-state index in [1.807, 2.05) is 57.2 Å². The van der Waals surface area contributed by atoms with Crippen LogP contribution in [-0.4, -0.2) is 11.8 Å². The third kappa shape index (κ3) is 2.99. The lowest BCUT2D eigenvalue weighted by Crippen LogP contribution is -2.29. The average Bonchev–Trinajstić information content (AvgIpc) is 2.89. The van der Waals surface area contributed by atoms with Crippen molar-refractivity contribution in [2.45, 2.75) is 20.8 Å². The summed E-state index contributed by atoms with van der Waals surface area (Å²) in [4.78, 5) is 26.8. The number of benzene rings is 3. The number of imide groups is 1. The number of aryl methyl sites for hydroxylation is 3. The molecule has 2 amide bonds. The van der Waals surface area contributed by atoms with Gasteiger partial charge < -0.3 is 4.74 Å². The molecule has 0 saturated heterocycles. The van der Waals surface area contributed by atoms with Crippen molar-refractivity contribution in [3.8, 4) is 11.5 Å². The van der Waals surface area contributed by atoms with Gasteiger partial charge in [-0.05, 0) is 79.9 Å². The van der Waals surface area contributed by atoms with Gasteiger partial charge in [-0.2, -0.15) is 0 Å². The second-order valence-corrected chi connectivity index (χ2v) is 6.84. The van der Waals surface area contributed by atoms with Crippen LogP contribution < -0.4 is 9.64 Å². The lowest BCUT2D eigenvalue weighted by molar-refractivity contribution is 0.0926. The molecule has 4 rings (SSSR count). The van der Waals surface area contributed by atoms with Gasteiger partial charge in [0.15, 0.2) is 0 Å². The van der Waals surface area contributed by atoms with Crippen molar-refractivity contribution < 1.29 is 14.3 Å². The Morgan fingerprint density at radius 3 is 2.15 bits per heavy atom. The first-order valence-electron chi connectivity index (χ1n) is 8.78. The largest absolute Gasteiger partial charge is 0.457 e. The van der Waals surface area contributed by atoms with Crippen molar-refractivity contribution >= 4 is 17.5 Å². The molecule has 1 heterocycles. The molecule has 0 bridgehead atoms. The van der Waals surface area contributed by atoms with E-state index in [1.54, 1.807) is 24.3 Å². The minimum Gasteiger partial charge on any atom is -0.457 e. The molecule has 3 aromatic rings. The van der Waals surface area contributed by atoms with Gasteiger partial charge in [0, 0.05) is 0 Å². The highest BCUT2D eigenvalue weighted by atomic mass is 16.5. The highest BCUT2D eigenvalue weighted by Crippen LogP contribution is 2.33. The van der Waals surface area contributed by atoms with Gasteiger partial charge in [-0.1, -0.05) is 18.2 Å². The molecule has 0 N–H and O–H groups in total. The highest BCUT2D eigenvalue weighted by Gasteiger charge is 2.37. The number of amides is 2. The molecule has 1 aliphatic heterocycles. The number of fused-ring (bicyclic) bond motifs is 1. The Morgan fingerprint density at radius 1 is 0.704 bits per heavy atom. The zero-order valence-electron chi connectivity index (χ0n) is 15.4. The number of ether oxygens (including phenoxy) is 1. The topological polar surface area (TPSA) is 46.6 Å². The Hall–Kier alpha value is -3.40. The van der Waals surface area contributed by atoms with Gasteiger partial charge in [0.1, 0.15) is 11.5 Å². The molecule has 27 heavy (non-hydrogen) atoms. The maximum Gasteiger partial charge on any atom is 0.266 e. The summed E-state index contributed by atoms with van der Waals surface area (Å²) in [5, 5.41) is 0. The molecule has 4 nitrogen and oxygen atoms in total. The number of anilines is 1. The third-order valence-corrected chi connectivity index (χ3v) is 4.83. The van der Waals surface area contributed by atoms with Crippen molar-refractivity contribution in [1.29, 1.82) is 0 Å². The molecule has 0 aromatic heterocycles. The molecule has 1 aliphatic rings. The maximum absolute atomic E-state index is 12.9. The van der Waals surface area contributed by atoms with Crippen LogP contribution in [-0.2, 0) is 0 Å². The van der Waals surface area contributed by atoms with Gasteiger partial charge >= 0.3 is 0 Å². The predicted octanol–water partition coefficient (Wildman–Crippen LogP) is 5.20. The van der Waals surface area contributed by atoms with E-state index in [2.05, 4.69) is 0 Å². The smallest absolute Gasteiger partial charge is 0.266 e. The molecular formula is C23H19NO3. The van der Waals surface area contributed by atoms with Gasteiger partial charge in [-0.15, -0.1) is 0 Å². The summed E-state index contributed by atoms with van der Waals surface area (Å²) >= 11 is 0. The van der Waals surface area contributed by atoms with E-state index in [-0.39, 0.29) is 11.8 Å². The van der Waals surface area contributed by atoms with Crippen LogP contribution >= 0.6 is 0 Å². The van der Waals surface area contributed by atoms with E-state index in [0.29, 0.717) is 28.3 Å². The molecule has 0 radical (unpaired) electrons. The van der Waals surface area contributed by atoms with E-state index in [4.69, 9.17) is 4.74 Å². The number of rotatable bonds is 3. The molecule has 0 aliphatic carbocycles. The van der Waals surface area contributed by atoms with Crippen molar-refractivity contribution in [3.05, 3.63) is 88.5 Å². The normalized spacial score (nSPS) is 13.1. The number of hydrogen-bond acceptors (Lipinski definition) is 3. The van der Waals surface area contributed by atoms with Crippen LogP contribution in [0.25, 0.3) is 0 Å². The standard InChI is InChI=1S/C23H19NO3/c1-14-5-4-6-17(11-14)24-22(25)20-10-9-19(13-21(20)23(24)26)27-18-8-7-15(2)16(3)12-18/h4-13H,1-3H3. The van der Waals surface area contributed by atoms with Crippen LogP contribution in [0, 0.1) is 20.8 Å². The van der Waals surface area contributed by atoms with Crippen molar-refractivity contribution in [2.24, 2.45) is 0 Å². The van der Waals surface area contributed by atoms with Gasteiger partial charge in [0.2, 0.25) is 0 Å². The van der Waals surface area contributed by atoms with E-state index >= 15 is 0 Å². The van der Waals surface area contributed by atoms with E-state index in [1.165, 1.54) is 10.5 Å². The Kier molecular flexibility index (Phi) is 4.04. The van der Waals surface area contributed by atoms with Crippen LogP contribution in [0.1, 0.15) is 37.4 Å².